The third-order valence-electron chi connectivity index (χ3n) is 6.37. The van der Waals surface area contributed by atoms with Gasteiger partial charge >= 0.3 is 0 Å². The fraction of sp³-hybridized carbons (Fsp3) is 0.458. The zero-order valence-electron chi connectivity index (χ0n) is 17.5. The van der Waals surface area contributed by atoms with E-state index >= 15 is 0 Å². The number of hydrogen-bond donors (Lipinski definition) is 2. The standard InChI is InChI=1S/C24H29FN2O3/c1-15(18-8-10-22(25)23(12-18)30-2)26-20-9-7-19(11-20)16-3-5-17(6-4-16)24(29)27-13-21(28)14-27/h3-6,8,10,12,15,19-21,26,28H,7,9,11,13-14H2,1-2H3/t15-,19?,20+/m1/s1. The molecule has 0 bridgehead atoms. The Labute approximate surface area is 176 Å². The number of carbonyl (C=O) groups is 1. The van der Waals surface area contributed by atoms with E-state index < -0.39 is 0 Å². The van der Waals surface area contributed by atoms with Crippen LogP contribution in [0.1, 0.15) is 59.6 Å². The van der Waals surface area contributed by atoms with Gasteiger partial charge in [0.05, 0.1) is 13.2 Å². The van der Waals surface area contributed by atoms with Crippen molar-refractivity contribution in [3.05, 3.63) is 65.0 Å². The van der Waals surface area contributed by atoms with Crippen molar-refractivity contribution in [1.29, 1.82) is 0 Å². The third-order valence-corrected chi connectivity index (χ3v) is 6.37. The molecule has 30 heavy (non-hydrogen) atoms. The summed E-state index contributed by atoms with van der Waals surface area (Å²) in [5.41, 5.74) is 2.95. The number of likely N-dealkylation sites (tertiary alicyclic amines) is 1. The SMILES string of the molecule is COc1cc([C@@H](C)N[C@H]2CCC(c3ccc(C(=O)N4CC(O)C4)cc3)C2)ccc1F. The van der Waals surface area contributed by atoms with E-state index in [0.29, 0.717) is 30.6 Å². The second-order valence-electron chi connectivity index (χ2n) is 8.48. The van der Waals surface area contributed by atoms with Gasteiger partial charge in [-0.1, -0.05) is 18.2 Å². The first-order valence-electron chi connectivity index (χ1n) is 10.6. The average Bonchev–Trinajstić information content (AvgIpc) is 3.19. The Balaban J connectivity index is 1.33. The molecule has 5 nitrogen and oxygen atoms in total. The van der Waals surface area contributed by atoms with E-state index in [1.807, 2.05) is 12.1 Å². The summed E-state index contributed by atoms with van der Waals surface area (Å²) >= 11 is 0. The molecule has 0 aromatic heterocycles. The number of nitrogens with zero attached hydrogens (tertiary/aromatic N) is 1. The number of benzene rings is 2. The molecule has 1 aliphatic carbocycles. The van der Waals surface area contributed by atoms with Crippen LogP contribution in [0.15, 0.2) is 42.5 Å². The maximum absolute atomic E-state index is 13.7. The minimum absolute atomic E-state index is 0.0126. The van der Waals surface area contributed by atoms with E-state index in [4.69, 9.17) is 4.74 Å². The Bertz CT molecular complexity index is 896. The number of rotatable bonds is 6. The highest BCUT2D eigenvalue weighted by Crippen LogP contribution is 2.36. The van der Waals surface area contributed by atoms with E-state index in [1.165, 1.54) is 18.7 Å². The van der Waals surface area contributed by atoms with Crippen LogP contribution < -0.4 is 10.1 Å². The van der Waals surface area contributed by atoms with Gasteiger partial charge in [0.25, 0.3) is 5.91 Å². The molecule has 1 heterocycles. The number of aliphatic hydroxyl groups is 1. The van der Waals surface area contributed by atoms with Gasteiger partial charge in [0.2, 0.25) is 0 Å². The molecule has 2 aromatic carbocycles. The Morgan fingerprint density at radius 3 is 2.60 bits per heavy atom. The Hall–Kier alpha value is -2.44. The van der Waals surface area contributed by atoms with Crippen LogP contribution >= 0.6 is 0 Å². The van der Waals surface area contributed by atoms with Crippen molar-refractivity contribution < 1.29 is 19.0 Å². The maximum Gasteiger partial charge on any atom is 0.254 e. The number of β-amino-alcohol motifs (C(OH)–C–C–N with tert-alkyl or cyclic N) is 1. The fourth-order valence-electron chi connectivity index (χ4n) is 4.53. The highest BCUT2D eigenvalue weighted by Gasteiger charge is 2.30. The van der Waals surface area contributed by atoms with Crippen molar-refractivity contribution in [2.24, 2.45) is 0 Å². The van der Waals surface area contributed by atoms with Crippen LogP contribution in [-0.4, -0.2) is 48.3 Å². The van der Waals surface area contributed by atoms with Crippen molar-refractivity contribution in [1.82, 2.24) is 10.2 Å². The number of methoxy groups -OCH3 is 1. The van der Waals surface area contributed by atoms with Crippen molar-refractivity contribution in [3.63, 3.8) is 0 Å². The minimum atomic E-state index is -0.380. The van der Waals surface area contributed by atoms with E-state index in [1.54, 1.807) is 17.0 Å². The molecule has 6 heteroatoms. The van der Waals surface area contributed by atoms with Gasteiger partial charge in [-0.25, -0.2) is 4.39 Å². The summed E-state index contributed by atoms with van der Waals surface area (Å²) < 4.78 is 18.8. The van der Waals surface area contributed by atoms with Crippen molar-refractivity contribution in [2.75, 3.05) is 20.2 Å². The molecule has 1 saturated heterocycles. The molecule has 1 aliphatic heterocycles. The van der Waals surface area contributed by atoms with Crippen molar-refractivity contribution >= 4 is 5.91 Å². The summed E-state index contributed by atoms with van der Waals surface area (Å²) in [4.78, 5) is 14.0. The van der Waals surface area contributed by atoms with Crippen LogP contribution in [0.4, 0.5) is 4.39 Å². The Kier molecular flexibility index (Phi) is 6.06. The normalized spacial score (nSPS) is 22.6. The molecule has 2 fully saturated rings. The lowest BCUT2D eigenvalue weighted by atomic mass is 9.95. The van der Waals surface area contributed by atoms with Crippen LogP contribution in [0.2, 0.25) is 0 Å². The second kappa shape index (κ2) is 8.74. The zero-order valence-corrected chi connectivity index (χ0v) is 17.5. The lowest BCUT2D eigenvalue weighted by molar-refractivity contribution is 0.00589. The lowest BCUT2D eigenvalue weighted by Gasteiger charge is -2.35. The first-order chi connectivity index (χ1) is 14.4. The molecule has 2 aromatic rings. The second-order valence-corrected chi connectivity index (χ2v) is 8.48. The molecule has 0 radical (unpaired) electrons. The quantitative estimate of drug-likeness (QED) is 0.761. The maximum atomic E-state index is 13.7. The predicted molar refractivity (Wildman–Crippen MR) is 113 cm³/mol. The van der Waals surface area contributed by atoms with Crippen LogP contribution in [0.25, 0.3) is 0 Å². The number of aliphatic hydroxyl groups excluding tert-OH is 1. The van der Waals surface area contributed by atoms with Gasteiger partial charge < -0.3 is 20.1 Å². The summed E-state index contributed by atoms with van der Waals surface area (Å²) in [6.45, 7) is 2.94. The van der Waals surface area contributed by atoms with E-state index in [2.05, 4.69) is 24.4 Å². The van der Waals surface area contributed by atoms with E-state index in [9.17, 15) is 14.3 Å². The molecular formula is C24H29FN2O3. The van der Waals surface area contributed by atoms with Crippen LogP contribution in [0, 0.1) is 5.82 Å². The molecule has 3 atom stereocenters. The van der Waals surface area contributed by atoms with Crippen LogP contribution in [-0.2, 0) is 0 Å². The number of ether oxygens (including phenoxy) is 1. The summed E-state index contributed by atoms with van der Waals surface area (Å²) in [5.74, 6) is 0.378. The summed E-state index contributed by atoms with van der Waals surface area (Å²) in [6.07, 6.45) is 2.84. The highest BCUT2D eigenvalue weighted by molar-refractivity contribution is 5.94. The Morgan fingerprint density at radius 1 is 1.20 bits per heavy atom. The summed E-state index contributed by atoms with van der Waals surface area (Å²) in [7, 11) is 1.48. The number of amides is 1. The number of nitrogens with one attached hydrogen (secondary N) is 1. The van der Waals surface area contributed by atoms with Gasteiger partial charge in [-0.15, -0.1) is 0 Å². The molecule has 4 rings (SSSR count). The number of halogens is 1. The van der Waals surface area contributed by atoms with Gasteiger partial charge in [0.15, 0.2) is 11.6 Å². The fourth-order valence-corrected chi connectivity index (χ4v) is 4.53. The molecule has 1 saturated carbocycles. The zero-order chi connectivity index (χ0) is 21.3. The predicted octanol–water partition coefficient (Wildman–Crippen LogP) is 3.64. The van der Waals surface area contributed by atoms with Crippen LogP contribution in [0.3, 0.4) is 0 Å². The van der Waals surface area contributed by atoms with Gasteiger partial charge in [-0.3, -0.25) is 4.79 Å². The Morgan fingerprint density at radius 2 is 1.93 bits per heavy atom. The van der Waals surface area contributed by atoms with Crippen molar-refractivity contribution in [3.8, 4) is 5.75 Å². The molecule has 160 valence electrons. The summed E-state index contributed by atoms with van der Waals surface area (Å²) in [6, 6.07) is 13.4. The first-order valence-corrected chi connectivity index (χ1v) is 10.6. The third kappa shape index (κ3) is 4.35. The van der Waals surface area contributed by atoms with E-state index in [-0.39, 0.29) is 29.6 Å². The largest absolute Gasteiger partial charge is 0.494 e. The minimum Gasteiger partial charge on any atom is -0.494 e. The van der Waals surface area contributed by atoms with Gasteiger partial charge in [0.1, 0.15) is 0 Å². The first kappa shape index (κ1) is 20.8. The monoisotopic (exact) mass is 412 g/mol. The molecule has 2 aliphatic rings. The number of carbonyl (C=O) groups excluding carboxylic acids is 1. The van der Waals surface area contributed by atoms with Gasteiger partial charge in [-0.05, 0) is 67.5 Å². The molecular weight excluding hydrogens is 383 g/mol. The topological polar surface area (TPSA) is 61.8 Å². The van der Waals surface area contributed by atoms with E-state index in [0.717, 1.165) is 24.8 Å². The molecule has 2 N–H and O–H groups in total. The lowest BCUT2D eigenvalue weighted by Crippen LogP contribution is -2.53. The molecule has 0 spiro atoms. The van der Waals surface area contributed by atoms with Crippen LogP contribution in [0.5, 0.6) is 5.75 Å². The molecule has 1 amide bonds. The highest BCUT2D eigenvalue weighted by atomic mass is 19.1. The average molecular weight is 413 g/mol. The van der Waals surface area contributed by atoms with Crippen molar-refractivity contribution in [2.45, 2.75) is 50.3 Å². The molecule has 1 unspecified atom stereocenters. The van der Waals surface area contributed by atoms with Gasteiger partial charge in [0, 0.05) is 30.7 Å². The summed E-state index contributed by atoms with van der Waals surface area (Å²) in [5, 5.41) is 13.0. The smallest absolute Gasteiger partial charge is 0.254 e. The number of hydrogen-bond acceptors (Lipinski definition) is 4. The van der Waals surface area contributed by atoms with Gasteiger partial charge in [-0.2, -0.15) is 0 Å².